The number of anilines is 2. The molecule has 3 heterocycles. The van der Waals surface area contributed by atoms with Crippen LogP contribution in [0.1, 0.15) is 20.8 Å². The van der Waals surface area contributed by atoms with Gasteiger partial charge in [0.15, 0.2) is 0 Å². The summed E-state index contributed by atoms with van der Waals surface area (Å²) < 4.78 is 53.8. The van der Waals surface area contributed by atoms with Crippen molar-refractivity contribution in [3.05, 3.63) is 76.5 Å². The number of H-pyrrole nitrogens is 1. The summed E-state index contributed by atoms with van der Waals surface area (Å²) in [5, 5.41) is 3.69. The fraction of sp³-hybridized carbons (Fsp3) is 0.130. The monoisotopic (exact) mass is 505 g/mol. The Balaban J connectivity index is 1.42. The molecule has 0 radical (unpaired) electrons. The van der Waals surface area contributed by atoms with Crippen LogP contribution in [0.5, 0.6) is 0 Å². The van der Waals surface area contributed by atoms with Crippen LogP contribution in [0.3, 0.4) is 0 Å². The van der Waals surface area contributed by atoms with E-state index in [1.807, 2.05) is 24.3 Å². The Morgan fingerprint density at radius 2 is 1.94 bits per heavy atom. The first kappa shape index (κ1) is 22.5. The molecule has 0 atom stereocenters. The van der Waals surface area contributed by atoms with Gasteiger partial charge in [-0.15, -0.1) is 23.1 Å². The summed E-state index contributed by atoms with van der Waals surface area (Å²) >= 11 is 2.45. The van der Waals surface area contributed by atoms with E-state index < -0.39 is 17.6 Å². The number of thioether (sulfide) groups is 1. The minimum Gasteiger partial charge on any atom is -0.359 e. The smallest absolute Gasteiger partial charge is 0.359 e. The third-order valence-electron chi connectivity index (χ3n) is 5.29. The molecule has 2 aromatic heterocycles. The van der Waals surface area contributed by atoms with Crippen LogP contribution in [0.15, 0.2) is 58.9 Å². The first-order valence-electron chi connectivity index (χ1n) is 10.00. The van der Waals surface area contributed by atoms with Crippen molar-refractivity contribution in [2.75, 3.05) is 16.0 Å². The fourth-order valence-electron chi connectivity index (χ4n) is 3.73. The van der Waals surface area contributed by atoms with E-state index in [9.17, 15) is 27.2 Å². The molecule has 0 aliphatic carbocycles. The van der Waals surface area contributed by atoms with Crippen LogP contribution in [-0.4, -0.2) is 22.6 Å². The van der Waals surface area contributed by atoms with Crippen LogP contribution in [0, 0.1) is 5.82 Å². The van der Waals surface area contributed by atoms with Crippen LogP contribution in [0.4, 0.5) is 28.9 Å². The molecule has 2 N–H and O–H groups in total. The van der Waals surface area contributed by atoms with E-state index in [1.165, 1.54) is 34.1 Å². The lowest BCUT2D eigenvalue weighted by molar-refractivity contribution is -0.137. The molecule has 34 heavy (non-hydrogen) atoms. The highest BCUT2D eigenvalue weighted by Gasteiger charge is 2.33. The van der Waals surface area contributed by atoms with E-state index in [2.05, 4.69) is 10.3 Å². The third kappa shape index (κ3) is 4.28. The van der Waals surface area contributed by atoms with E-state index >= 15 is 0 Å². The Morgan fingerprint density at radius 3 is 2.74 bits per heavy atom. The van der Waals surface area contributed by atoms with Gasteiger partial charge in [-0.2, -0.15) is 13.2 Å². The summed E-state index contributed by atoms with van der Waals surface area (Å²) in [5.74, 6) is -1.68. The molecule has 5 nitrogen and oxygen atoms in total. The number of hydrogen-bond acceptors (Lipinski definition) is 4. The molecular formula is C23H15F4N3O2S2. The number of carbonyl (C=O) groups is 2. The van der Waals surface area contributed by atoms with Crippen molar-refractivity contribution in [1.82, 2.24) is 4.98 Å². The molecule has 4 aromatic rings. The average molecular weight is 506 g/mol. The first-order valence-corrected chi connectivity index (χ1v) is 11.8. The second-order valence-electron chi connectivity index (χ2n) is 7.60. The minimum atomic E-state index is -4.71. The summed E-state index contributed by atoms with van der Waals surface area (Å²) in [5.41, 5.74) is 0.782. The summed E-state index contributed by atoms with van der Waals surface area (Å²) in [4.78, 5) is 30.2. The van der Waals surface area contributed by atoms with E-state index in [-0.39, 0.29) is 29.7 Å². The number of nitrogens with zero attached hydrogens (tertiary/aromatic N) is 1. The predicted octanol–water partition coefficient (Wildman–Crippen LogP) is 6.28. The van der Waals surface area contributed by atoms with Gasteiger partial charge in [-0.1, -0.05) is 18.2 Å². The summed E-state index contributed by atoms with van der Waals surface area (Å²) in [6, 6.07) is 11.2. The number of para-hydroxylation sites is 1. The SMILES string of the molecule is O=C(Nc1c[nH]c2ccccc12)c1cc2c(s1)SCC(=O)N2Cc1cc(F)cc(C(F)(F)F)c1. The standard InChI is InChI=1S/C23H15F4N3O2S2/c24-14-6-12(5-13(7-14)23(25,26)27)10-30-18-8-19(34-22(18)33-11-20(30)31)21(32)29-17-9-28-16-4-2-1-3-15(16)17/h1-9,28H,10-11H2,(H,29,32). The molecule has 0 fully saturated rings. The van der Waals surface area contributed by atoms with Gasteiger partial charge in [0.05, 0.1) is 38.3 Å². The van der Waals surface area contributed by atoms with E-state index in [4.69, 9.17) is 0 Å². The Kier molecular flexibility index (Phi) is 5.61. The minimum absolute atomic E-state index is 0.00881. The van der Waals surface area contributed by atoms with Gasteiger partial charge < -0.3 is 15.2 Å². The number of hydrogen-bond donors (Lipinski definition) is 2. The molecule has 174 valence electrons. The summed E-state index contributed by atoms with van der Waals surface area (Å²) in [7, 11) is 0. The maximum Gasteiger partial charge on any atom is 0.416 e. The predicted molar refractivity (Wildman–Crippen MR) is 124 cm³/mol. The van der Waals surface area contributed by atoms with Gasteiger partial charge in [0.25, 0.3) is 5.91 Å². The van der Waals surface area contributed by atoms with Gasteiger partial charge in [-0.3, -0.25) is 9.59 Å². The normalized spacial score (nSPS) is 13.9. The van der Waals surface area contributed by atoms with Gasteiger partial charge in [-0.25, -0.2) is 4.39 Å². The van der Waals surface area contributed by atoms with E-state index in [0.29, 0.717) is 26.5 Å². The molecular weight excluding hydrogens is 490 g/mol. The highest BCUT2D eigenvalue weighted by Crippen LogP contribution is 2.43. The Labute approximate surface area is 198 Å². The third-order valence-corrected chi connectivity index (χ3v) is 7.67. The number of benzene rings is 2. The number of aromatic amines is 1. The van der Waals surface area contributed by atoms with Crippen molar-refractivity contribution in [2.24, 2.45) is 0 Å². The van der Waals surface area contributed by atoms with Gasteiger partial charge >= 0.3 is 6.18 Å². The quantitative estimate of drug-likeness (QED) is 0.321. The zero-order valence-electron chi connectivity index (χ0n) is 17.2. The van der Waals surface area contributed by atoms with Gasteiger partial charge in [0, 0.05) is 17.1 Å². The Hall–Kier alpha value is -3.31. The molecule has 0 saturated heterocycles. The zero-order valence-corrected chi connectivity index (χ0v) is 18.8. The molecule has 0 spiro atoms. The fourth-order valence-corrected chi connectivity index (χ4v) is 5.92. The Bertz CT molecular complexity index is 1430. The second-order valence-corrected chi connectivity index (χ2v) is 9.90. The topological polar surface area (TPSA) is 65.2 Å². The number of alkyl halides is 3. The summed E-state index contributed by atoms with van der Waals surface area (Å²) in [6.07, 6.45) is -3.03. The number of aromatic nitrogens is 1. The lowest BCUT2D eigenvalue weighted by Crippen LogP contribution is -2.34. The highest BCUT2D eigenvalue weighted by molar-refractivity contribution is 8.02. The van der Waals surface area contributed by atoms with Crippen LogP contribution in [0.2, 0.25) is 0 Å². The number of rotatable bonds is 4. The van der Waals surface area contributed by atoms with Gasteiger partial charge in [0.1, 0.15) is 5.82 Å². The number of halogens is 4. The Morgan fingerprint density at radius 1 is 1.15 bits per heavy atom. The van der Waals surface area contributed by atoms with Gasteiger partial charge in [0.2, 0.25) is 5.91 Å². The molecule has 0 bridgehead atoms. The number of fused-ring (bicyclic) bond motifs is 2. The lowest BCUT2D eigenvalue weighted by atomic mass is 10.1. The number of thiophene rings is 1. The number of nitrogens with one attached hydrogen (secondary N) is 2. The van der Waals surface area contributed by atoms with Crippen molar-refractivity contribution < 1.29 is 27.2 Å². The van der Waals surface area contributed by atoms with Crippen LogP contribution >= 0.6 is 23.1 Å². The lowest BCUT2D eigenvalue weighted by Gasteiger charge is -2.26. The van der Waals surface area contributed by atoms with Crippen molar-refractivity contribution in [2.45, 2.75) is 16.9 Å². The molecule has 2 aromatic carbocycles. The maximum atomic E-state index is 13.8. The molecule has 5 rings (SSSR count). The van der Waals surface area contributed by atoms with Crippen molar-refractivity contribution in [3.8, 4) is 0 Å². The summed E-state index contributed by atoms with van der Waals surface area (Å²) in [6.45, 7) is -0.243. The van der Waals surface area contributed by atoms with Crippen LogP contribution in [-0.2, 0) is 17.5 Å². The molecule has 0 unspecified atom stereocenters. The first-order chi connectivity index (χ1) is 16.2. The average Bonchev–Trinajstić information content (AvgIpc) is 3.40. The maximum absolute atomic E-state index is 13.8. The van der Waals surface area contributed by atoms with Crippen LogP contribution in [0.25, 0.3) is 10.9 Å². The van der Waals surface area contributed by atoms with E-state index in [0.717, 1.165) is 23.0 Å². The molecule has 0 saturated carbocycles. The largest absolute Gasteiger partial charge is 0.416 e. The van der Waals surface area contributed by atoms with Crippen LogP contribution < -0.4 is 10.2 Å². The second kappa shape index (κ2) is 8.48. The molecule has 2 amide bonds. The van der Waals surface area contributed by atoms with Crippen molar-refractivity contribution >= 4 is 57.2 Å². The van der Waals surface area contributed by atoms with Crippen molar-refractivity contribution in [3.63, 3.8) is 0 Å². The van der Waals surface area contributed by atoms with Crippen molar-refractivity contribution in [1.29, 1.82) is 0 Å². The molecule has 1 aliphatic heterocycles. The number of amides is 2. The molecule has 1 aliphatic rings. The molecule has 11 heteroatoms. The number of carbonyl (C=O) groups excluding carboxylic acids is 2. The van der Waals surface area contributed by atoms with E-state index in [1.54, 1.807) is 6.20 Å². The zero-order chi connectivity index (χ0) is 24.0. The highest BCUT2D eigenvalue weighted by atomic mass is 32.2. The van der Waals surface area contributed by atoms with Gasteiger partial charge in [-0.05, 0) is 35.9 Å².